The standard InChI is InChI=1S/C11H7F3N2O4/c12-11(13,14)4-16-7-3-5(10(19)20)1-2-6(7)15-8(17)9(16)18/h1-3H,4H2,(H,15,17)(H,19,20). The summed E-state index contributed by atoms with van der Waals surface area (Å²) in [5.74, 6) is -1.36. The minimum Gasteiger partial charge on any atom is -0.478 e. The van der Waals surface area contributed by atoms with Crippen LogP contribution < -0.4 is 11.1 Å². The number of rotatable bonds is 2. The molecule has 0 spiro atoms. The van der Waals surface area contributed by atoms with Crippen molar-refractivity contribution in [2.24, 2.45) is 0 Å². The van der Waals surface area contributed by atoms with E-state index in [-0.39, 0.29) is 21.2 Å². The summed E-state index contributed by atoms with van der Waals surface area (Å²) in [5.41, 5.74) is -3.24. The highest BCUT2D eigenvalue weighted by Gasteiger charge is 2.29. The number of fused-ring (bicyclic) bond motifs is 1. The number of benzene rings is 1. The topological polar surface area (TPSA) is 92.2 Å². The van der Waals surface area contributed by atoms with Crippen molar-refractivity contribution in [3.8, 4) is 0 Å². The summed E-state index contributed by atoms with van der Waals surface area (Å²) in [6.45, 7) is -1.67. The maximum absolute atomic E-state index is 12.5. The molecular formula is C11H7F3N2O4. The Morgan fingerprint density at radius 1 is 1.30 bits per heavy atom. The predicted molar refractivity (Wildman–Crippen MR) is 61.8 cm³/mol. The second-order valence-electron chi connectivity index (χ2n) is 4.00. The molecule has 0 saturated carbocycles. The summed E-state index contributed by atoms with van der Waals surface area (Å²) in [6.07, 6.45) is -4.72. The third-order valence-electron chi connectivity index (χ3n) is 2.56. The van der Waals surface area contributed by atoms with Crippen LogP contribution >= 0.6 is 0 Å². The molecular weight excluding hydrogens is 281 g/mol. The van der Waals surface area contributed by atoms with Gasteiger partial charge in [-0.25, -0.2) is 4.79 Å². The van der Waals surface area contributed by atoms with Crippen molar-refractivity contribution in [3.63, 3.8) is 0 Å². The normalized spacial score (nSPS) is 11.8. The van der Waals surface area contributed by atoms with E-state index in [0.717, 1.165) is 18.2 Å². The smallest absolute Gasteiger partial charge is 0.406 e. The van der Waals surface area contributed by atoms with Crippen molar-refractivity contribution in [1.82, 2.24) is 9.55 Å². The lowest BCUT2D eigenvalue weighted by atomic mass is 10.2. The molecule has 0 saturated heterocycles. The van der Waals surface area contributed by atoms with E-state index < -0.39 is 29.8 Å². The quantitative estimate of drug-likeness (QED) is 0.805. The highest BCUT2D eigenvalue weighted by atomic mass is 19.4. The molecule has 0 radical (unpaired) electrons. The SMILES string of the molecule is O=C(O)c1ccc2[nH]c(=O)c(=O)n(CC(F)(F)F)c2c1. The Morgan fingerprint density at radius 2 is 1.95 bits per heavy atom. The van der Waals surface area contributed by atoms with Gasteiger partial charge in [-0.1, -0.05) is 0 Å². The summed E-state index contributed by atoms with van der Waals surface area (Å²) < 4.78 is 37.6. The molecule has 20 heavy (non-hydrogen) atoms. The zero-order valence-corrected chi connectivity index (χ0v) is 9.69. The van der Waals surface area contributed by atoms with Crippen molar-refractivity contribution < 1.29 is 23.1 Å². The molecule has 2 aromatic rings. The van der Waals surface area contributed by atoms with E-state index in [2.05, 4.69) is 4.98 Å². The Balaban J connectivity index is 2.83. The predicted octanol–water partition coefficient (Wildman–Crippen LogP) is 0.950. The van der Waals surface area contributed by atoms with Gasteiger partial charge in [0.25, 0.3) is 0 Å². The number of nitrogens with zero attached hydrogens (tertiary/aromatic N) is 1. The molecule has 0 unspecified atom stereocenters. The van der Waals surface area contributed by atoms with Gasteiger partial charge in [0.1, 0.15) is 6.54 Å². The highest BCUT2D eigenvalue weighted by Crippen LogP contribution is 2.19. The second-order valence-corrected chi connectivity index (χ2v) is 4.00. The minimum atomic E-state index is -4.72. The number of halogens is 3. The molecule has 6 nitrogen and oxygen atoms in total. The third kappa shape index (κ3) is 2.56. The number of aromatic amines is 1. The van der Waals surface area contributed by atoms with Crippen LogP contribution in [0.1, 0.15) is 10.4 Å². The van der Waals surface area contributed by atoms with Crippen LogP contribution in [0.4, 0.5) is 13.2 Å². The van der Waals surface area contributed by atoms with Crippen LogP contribution in [0.3, 0.4) is 0 Å². The molecule has 9 heteroatoms. The summed E-state index contributed by atoms with van der Waals surface area (Å²) in [5, 5.41) is 8.81. The van der Waals surface area contributed by atoms with Crippen molar-refractivity contribution in [3.05, 3.63) is 44.5 Å². The van der Waals surface area contributed by atoms with Gasteiger partial charge >= 0.3 is 23.3 Å². The first-order valence-corrected chi connectivity index (χ1v) is 5.26. The number of aromatic nitrogens is 2. The number of aromatic carboxylic acids is 1. The zero-order chi connectivity index (χ0) is 15.1. The average Bonchev–Trinajstić information content (AvgIpc) is 2.33. The lowest BCUT2D eigenvalue weighted by Gasteiger charge is -2.12. The zero-order valence-electron chi connectivity index (χ0n) is 9.69. The van der Waals surface area contributed by atoms with E-state index in [1.807, 2.05) is 0 Å². The van der Waals surface area contributed by atoms with E-state index in [9.17, 15) is 27.6 Å². The fraction of sp³-hybridized carbons (Fsp3) is 0.182. The van der Waals surface area contributed by atoms with Crippen molar-refractivity contribution in [1.29, 1.82) is 0 Å². The number of carboxylic acid groups (broad SMARTS) is 1. The van der Waals surface area contributed by atoms with Gasteiger partial charge in [0, 0.05) is 0 Å². The first kappa shape index (κ1) is 13.8. The van der Waals surface area contributed by atoms with E-state index in [0.29, 0.717) is 0 Å². The fourth-order valence-corrected chi connectivity index (χ4v) is 1.74. The molecule has 1 aromatic heterocycles. The molecule has 0 bridgehead atoms. The van der Waals surface area contributed by atoms with Crippen LogP contribution in [-0.2, 0) is 6.54 Å². The van der Waals surface area contributed by atoms with Gasteiger partial charge in [0.05, 0.1) is 16.6 Å². The number of carboxylic acids is 1. The molecule has 0 atom stereocenters. The average molecular weight is 288 g/mol. The van der Waals surface area contributed by atoms with Gasteiger partial charge in [0.15, 0.2) is 0 Å². The van der Waals surface area contributed by atoms with E-state index >= 15 is 0 Å². The van der Waals surface area contributed by atoms with Gasteiger partial charge in [-0.15, -0.1) is 0 Å². The summed E-state index contributed by atoms with van der Waals surface area (Å²) in [4.78, 5) is 35.7. The largest absolute Gasteiger partial charge is 0.478 e. The van der Waals surface area contributed by atoms with Gasteiger partial charge in [-0.2, -0.15) is 13.2 Å². The lowest BCUT2D eigenvalue weighted by molar-refractivity contribution is -0.140. The van der Waals surface area contributed by atoms with E-state index in [1.54, 1.807) is 0 Å². The number of hydrogen-bond acceptors (Lipinski definition) is 3. The van der Waals surface area contributed by atoms with Gasteiger partial charge in [-0.05, 0) is 18.2 Å². The summed E-state index contributed by atoms with van der Waals surface area (Å²) in [6, 6.07) is 3.15. The van der Waals surface area contributed by atoms with Gasteiger partial charge < -0.3 is 10.1 Å². The first-order chi connectivity index (χ1) is 9.19. The Morgan fingerprint density at radius 3 is 2.50 bits per heavy atom. The molecule has 0 aliphatic rings. The van der Waals surface area contributed by atoms with Crippen LogP contribution in [-0.4, -0.2) is 26.8 Å². The number of alkyl halides is 3. The molecule has 1 aromatic carbocycles. The van der Waals surface area contributed by atoms with Gasteiger partial charge in [0.2, 0.25) is 0 Å². The Labute approximate surface area is 108 Å². The molecule has 2 N–H and O–H groups in total. The maximum atomic E-state index is 12.5. The first-order valence-electron chi connectivity index (χ1n) is 5.26. The van der Waals surface area contributed by atoms with Crippen molar-refractivity contribution >= 4 is 17.0 Å². The molecule has 2 rings (SSSR count). The van der Waals surface area contributed by atoms with Crippen LogP contribution in [0.2, 0.25) is 0 Å². The number of carbonyl (C=O) groups is 1. The summed E-state index contributed by atoms with van der Waals surface area (Å²) in [7, 11) is 0. The molecule has 0 aliphatic carbocycles. The Kier molecular flexibility index (Phi) is 3.12. The van der Waals surface area contributed by atoms with Crippen molar-refractivity contribution in [2.45, 2.75) is 12.7 Å². The molecule has 0 aliphatic heterocycles. The third-order valence-corrected chi connectivity index (χ3v) is 2.56. The molecule has 106 valence electrons. The van der Waals surface area contributed by atoms with Crippen LogP contribution in [0.5, 0.6) is 0 Å². The Hall–Kier alpha value is -2.58. The minimum absolute atomic E-state index is 0.0520. The highest BCUT2D eigenvalue weighted by molar-refractivity contribution is 5.92. The molecule has 0 fully saturated rings. The van der Waals surface area contributed by atoms with Crippen molar-refractivity contribution in [2.75, 3.05) is 0 Å². The molecule has 1 heterocycles. The lowest BCUT2D eigenvalue weighted by Crippen LogP contribution is -2.39. The van der Waals surface area contributed by atoms with E-state index in [4.69, 9.17) is 5.11 Å². The molecule has 0 amide bonds. The Bertz CT molecular complexity index is 804. The van der Waals surface area contributed by atoms with E-state index in [1.165, 1.54) is 0 Å². The van der Waals surface area contributed by atoms with Crippen LogP contribution in [0.25, 0.3) is 11.0 Å². The van der Waals surface area contributed by atoms with Crippen LogP contribution in [0.15, 0.2) is 27.8 Å². The van der Waals surface area contributed by atoms with Crippen LogP contribution in [0, 0.1) is 0 Å². The number of hydrogen-bond donors (Lipinski definition) is 2. The maximum Gasteiger partial charge on any atom is 0.406 e. The fourth-order valence-electron chi connectivity index (χ4n) is 1.74. The number of nitrogens with one attached hydrogen (secondary N) is 1. The number of H-pyrrole nitrogens is 1. The second kappa shape index (κ2) is 4.51. The van der Waals surface area contributed by atoms with Gasteiger partial charge in [-0.3, -0.25) is 14.2 Å². The summed E-state index contributed by atoms with van der Waals surface area (Å²) >= 11 is 0. The monoisotopic (exact) mass is 288 g/mol.